The molecule has 0 fully saturated rings. The summed E-state index contributed by atoms with van der Waals surface area (Å²) in [5, 5.41) is 0. The predicted octanol–water partition coefficient (Wildman–Crippen LogP) is 12.7. The molecular weight excluding hydrogens is 565 g/mol. The van der Waals surface area contributed by atoms with Crippen molar-refractivity contribution in [1.82, 2.24) is 0 Å². The lowest BCUT2D eigenvalue weighted by Gasteiger charge is -2.47. The van der Waals surface area contributed by atoms with Crippen molar-refractivity contribution in [3.63, 3.8) is 0 Å². The second-order valence-corrected chi connectivity index (χ2v) is 16.5. The maximum atomic E-state index is 2.57. The fourth-order valence-corrected chi connectivity index (χ4v) is 8.62. The number of fused-ring (bicyclic) bond motifs is 4. The van der Waals surface area contributed by atoms with Crippen molar-refractivity contribution in [3.05, 3.63) is 171 Å². The van der Waals surface area contributed by atoms with E-state index in [9.17, 15) is 0 Å². The molecule has 0 radical (unpaired) electrons. The zero-order valence-electron chi connectivity index (χ0n) is 29.8. The van der Waals surface area contributed by atoms with Crippen LogP contribution in [-0.2, 0) is 16.2 Å². The Morgan fingerprint density at radius 1 is 0.489 bits per heavy atom. The molecule has 0 amide bonds. The highest BCUT2D eigenvalue weighted by atomic mass is 14.6. The van der Waals surface area contributed by atoms with Gasteiger partial charge in [-0.1, -0.05) is 182 Å². The molecule has 0 N–H and O–H groups in total. The van der Waals surface area contributed by atoms with E-state index in [0.717, 1.165) is 0 Å². The third-order valence-corrected chi connectivity index (χ3v) is 11.1. The molecule has 0 heteroatoms. The third kappa shape index (κ3) is 5.04. The van der Waals surface area contributed by atoms with Crippen LogP contribution in [0.5, 0.6) is 0 Å². The first-order valence-corrected chi connectivity index (χ1v) is 17.5. The van der Waals surface area contributed by atoms with Crippen LogP contribution >= 0.6 is 0 Å². The molecular formula is C47H50. The first-order valence-electron chi connectivity index (χ1n) is 17.5. The van der Waals surface area contributed by atoms with Crippen LogP contribution in [0.15, 0.2) is 121 Å². The topological polar surface area (TPSA) is 0 Å². The molecule has 5 aromatic rings. The highest BCUT2D eigenvalue weighted by Crippen LogP contribution is 2.65. The van der Waals surface area contributed by atoms with Gasteiger partial charge in [0.2, 0.25) is 0 Å². The van der Waals surface area contributed by atoms with Gasteiger partial charge in [0, 0.05) is 17.3 Å². The Morgan fingerprint density at radius 3 is 1.43 bits per heavy atom. The minimum Gasteiger partial charge on any atom is -0.0639 e. The highest BCUT2D eigenvalue weighted by Gasteiger charge is 2.55. The van der Waals surface area contributed by atoms with Crippen LogP contribution < -0.4 is 0 Å². The summed E-state index contributed by atoms with van der Waals surface area (Å²) in [7, 11) is 0. The first-order chi connectivity index (χ1) is 22.3. The lowest BCUT2D eigenvalue weighted by atomic mass is 9.54. The molecule has 1 atom stereocenters. The average Bonchev–Trinajstić information content (AvgIpc) is 3.55. The molecule has 0 heterocycles. The van der Waals surface area contributed by atoms with Gasteiger partial charge >= 0.3 is 0 Å². The van der Waals surface area contributed by atoms with Crippen LogP contribution in [0.1, 0.15) is 130 Å². The summed E-state index contributed by atoms with van der Waals surface area (Å²) in [6.45, 7) is 21.1. The van der Waals surface area contributed by atoms with Crippen LogP contribution in [0.3, 0.4) is 0 Å². The largest absolute Gasteiger partial charge is 0.0639 e. The van der Waals surface area contributed by atoms with E-state index in [1.165, 1.54) is 66.8 Å². The van der Waals surface area contributed by atoms with Gasteiger partial charge in [-0.05, 0) is 84.9 Å². The fraction of sp³-hybridized carbons (Fsp3) is 0.319. The quantitative estimate of drug-likeness (QED) is 0.185. The molecule has 1 unspecified atom stereocenters. The number of rotatable bonds is 5. The molecule has 0 saturated carbocycles. The molecule has 0 aliphatic heterocycles. The van der Waals surface area contributed by atoms with Crippen LogP contribution in [-0.4, -0.2) is 0 Å². The molecule has 0 saturated heterocycles. The van der Waals surface area contributed by atoms with E-state index in [0.29, 0.717) is 5.92 Å². The van der Waals surface area contributed by atoms with Crippen molar-refractivity contribution >= 4 is 6.08 Å². The Kier molecular flexibility index (Phi) is 7.51. The van der Waals surface area contributed by atoms with E-state index in [2.05, 4.69) is 184 Å². The average molecular weight is 615 g/mol. The van der Waals surface area contributed by atoms with Gasteiger partial charge in [-0.3, -0.25) is 0 Å². The summed E-state index contributed by atoms with van der Waals surface area (Å²) in [4.78, 5) is 0. The molecule has 2 aliphatic rings. The monoisotopic (exact) mass is 614 g/mol. The van der Waals surface area contributed by atoms with Gasteiger partial charge in [-0.2, -0.15) is 0 Å². The Hall–Kier alpha value is -4.16. The lowest BCUT2D eigenvalue weighted by molar-refractivity contribution is 0.404. The van der Waals surface area contributed by atoms with Gasteiger partial charge < -0.3 is 0 Å². The predicted molar refractivity (Wildman–Crippen MR) is 202 cm³/mol. The normalized spacial score (nSPS) is 16.2. The summed E-state index contributed by atoms with van der Waals surface area (Å²) >= 11 is 0. The second-order valence-electron chi connectivity index (χ2n) is 16.5. The van der Waals surface area contributed by atoms with Crippen molar-refractivity contribution in [3.8, 4) is 11.1 Å². The summed E-state index contributed by atoms with van der Waals surface area (Å²) in [5.41, 5.74) is 16.5. The van der Waals surface area contributed by atoms with E-state index in [-0.39, 0.29) is 22.7 Å². The minimum atomic E-state index is -0.406. The number of hydrogen-bond donors (Lipinski definition) is 0. The maximum absolute atomic E-state index is 2.57. The van der Waals surface area contributed by atoms with Gasteiger partial charge in [0.05, 0.1) is 0 Å². The van der Waals surface area contributed by atoms with Crippen molar-refractivity contribution in [2.24, 2.45) is 0 Å². The number of benzene rings is 5. The SMILES string of the molecule is CC1=Cc2ccc(C(C)C)cc2C1C(c1ccccc1)(c1ccccc1)C1c2cc(C(C)(C)C)ccc2-c2ccc(C(C)(C)C)cc21. The standard InChI is InChI=1S/C47H50/c1-30(2)32-20-21-33-26-31(3)43(40(33)27-32)47(34-16-12-10-13-17-34,35-18-14-11-15-19-35)44-41-28-36(45(4,5)6)22-24-38(41)39-25-23-37(29-42(39)44)46(7,8)9/h10-30,43-44H,1-9H3. The van der Waals surface area contributed by atoms with Gasteiger partial charge in [0.25, 0.3) is 0 Å². The molecule has 0 nitrogen and oxygen atoms in total. The Labute approximate surface area is 283 Å². The van der Waals surface area contributed by atoms with Crippen LogP contribution in [0, 0.1) is 0 Å². The molecule has 238 valence electrons. The van der Waals surface area contributed by atoms with Crippen LogP contribution in [0.25, 0.3) is 17.2 Å². The van der Waals surface area contributed by atoms with E-state index in [4.69, 9.17) is 0 Å². The smallest absolute Gasteiger partial charge is 0.0418 e. The second kappa shape index (κ2) is 11.2. The Balaban J connectivity index is 1.66. The molecule has 7 rings (SSSR count). The molecule has 47 heavy (non-hydrogen) atoms. The van der Waals surface area contributed by atoms with Crippen molar-refractivity contribution in [2.45, 2.75) is 96.3 Å². The molecule has 0 spiro atoms. The van der Waals surface area contributed by atoms with Gasteiger partial charge in [0.15, 0.2) is 0 Å². The number of hydrogen-bond acceptors (Lipinski definition) is 0. The number of allylic oxidation sites excluding steroid dienone is 1. The summed E-state index contributed by atoms with van der Waals surface area (Å²) in [6, 6.07) is 45.0. The third-order valence-electron chi connectivity index (χ3n) is 11.1. The fourth-order valence-electron chi connectivity index (χ4n) is 8.62. The van der Waals surface area contributed by atoms with E-state index < -0.39 is 5.41 Å². The summed E-state index contributed by atoms with van der Waals surface area (Å²) < 4.78 is 0. The summed E-state index contributed by atoms with van der Waals surface area (Å²) in [5.74, 6) is 0.714. The van der Waals surface area contributed by atoms with Gasteiger partial charge in [-0.25, -0.2) is 0 Å². The first kappa shape index (κ1) is 31.4. The molecule has 0 bridgehead atoms. The van der Waals surface area contributed by atoms with Crippen molar-refractivity contribution < 1.29 is 0 Å². The zero-order chi connectivity index (χ0) is 33.3. The van der Waals surface area contributed by atoms with E-state index in [1.807, 2.05) is 0 Å². The van der Waals surface area contributed by atoms with Gasteiger partial charge in [-0.15, -0.1) is 0 Å². The lowest BCUT2D eigenvalue weighted by Crippen LogP contribution is -2.41. The molecule has 5 aromatic carbocycles. The Morgan fingerprint density at radius 2 is 0.979 bits per heavy atom. The van der Waals surface area contributed by atoms with Crippen LogP contribution in [0.4, 0.5) is 0 Å². The van der Waals surface area contributed by atoms with Crippen LogP contribution in [0.2, 0.25) is 0 Å². The zero-order valence-corrected chi connectivity index (χ0v) is 29.8. The molecule has 0 aromatic heterocycles. The van der Waals surface area contributed by atoms with Crippen molar-refractivity contribution in [2.75, 3.05) is 0 Å². The van der Waals surface area contributed by atoms with E-state index in [1.54, 1.807) is 0 Å². The Bertz CT molecular complexity index is 1870. The van der Waals surface area contributed by atoms with E-state index >= 15 is 0 Å². The van der Waals surface area contributed by atoms with Crippen molar-refractivity contribution in [1.29, 1.82) is 0 Å². The van der Waals surface area contributed by atoms with Gasteiger partial charge in [0.1, 0.15) is 0 Å². The summed E-state index contributed by atoms with van der Waals surface area (Å²) in [6.07, 6.45) is 2.47. The minimum absolute atomic E-state index is 0.0367. The molecule has 2 aliphatic carbocycles. The maximum Gasteiger partial charge on any atom is 0.0418 e. The highest BCUT2D eigenvalue weighted by molar-refractivity contribution is 5.83.